The molecule has 11 heteroatoms. The molecule has 0 N–H and O–H groups in total. The maximum Gasteiger partial charge on any atom is 0.410 e. The predicted octanol–water partition coefficient (Wildman–Crippen LogP) is 7.00. The number of carbonyl (C=O) groups is 1. The summed E-state index contributed by atoms with van der Waals surface area (Å²) in [6.45, 7) is 13.6. The van der Waals surface area contributed by atoms with Crippen molar-refractivity contribution in [3.8, 4) is 0 Å². The van der Waals surface area contributed by atoms with Crippen molar-refractivity contribution in [2.75, 3.05) is 43.0 Å². The third-order valence-corrected chi connectivity index (χ3v) is 10.7. The summed E-state index contributed by atoms with van der Waals surface area (Å²) in [7, 11) is 1.75. The van der Waals surface area contributed by atoms with Crippen molar-refractivity contribution in [2.45, 2.75) is 104 Å². The smallest absolute Gasteiger partial charge is 0.410 e. The van der Waals surface area contributed by atoms with Gasteiger partial charge in [0.1, 0.15) is 11.4 Å². The number of pyridine rings is 3. The molecule has 1 saturated carbocycles. The Labute approximate surface area is 306 Å². The minimum Gasteiger partial charge on any atom is -0.444 e. The first-order chi connectivity index (χ1) is 24.8. The van der Waals surface area contributed by atoms with Gasteiger partial charge in [-0.05, 0) is 109 Å². The van der Waals surface area contributed by atoms with Crippen LogP contribution in [0.4, 0.5) is 20.6 Å². The highest BCUT2D eigenvalue weighted by atomic mass is 19.1. The molecule has 0 spiro atoms. The van der Waals surface area contributed by atoms with Gasteiger partial charge in [-0.15, -0.1) is 0 Å². The second-order valence-corrected chi connectivity index (χ2v) is 16.0. The van der Waals surface area contributed by atoms with E-state index >= 15 is 4.39 Å². The van der Waals surface area contributed by atoms with Crippen molar-refractivity contribution in [3.63, 3.8) is 0 Å². The van der Waals surface area contributed by atoms with E-state index in [4.69, 9.17) is 4.74 Å². The number of likely N-dealkylation sites (N-methyl/N-ethyl adjacent to an activating group) is 1. The lowest BCUT2D eigenvalue weighted by molar-refractivity contribution is 0.0238. The van der Waals surface area contributed by atoms with Crippen LogP contribution in [0.5, 0.6) is 0 Å². The second kappa shape index (κ2) is 14.5. The van der Waals surface area contributed by atoms with Gasteiger partial charge in [0.25, 0.3) is 0 Å². The molecule has 1 aliphatic carbocycles. The molecule has 0 bridgehead atoms. The molecule has 2 atom stereocenters. The van der Waals surface area contributed by atoms with Gasteiger partial charge in [-0.2, -0.15) is 0 Å². The van der Waals surface area contributed by atoms with E-state index in [2.05, 4.69) is 48.6 Å². The highest BCUT2D eigenvalue weighted by Gasteiger charge is 2.34. The molecule has 3 aliphatic rings. The van der Waals surface area contributed by atoms with Gasteiger partial charge in [0.2, 0.25) is 0 Å². The molecule has 10 nitrogen and oxygen atoms in total. The minimum absolute atomic E-state index is 0.105. The van der Waals surface area contributed by atoms with Crippen molar-refractivity contribution in [3.05, 3.63) is 93.5 Å². The largest absolute Gasteiger partial charge is 0.444 e. The minimum atomic E-state index is -0.593. The SMILES string of the molecule is Cc1ccc(N2CCC[C@H](N(Cc3ccnc(C)c3)Cc3cn(C4CC4)c4cc(N5CC[C@H](N(C)C(=O)OC(C)(C)C)C5)c(F)cc4c3=O)C2)cn1. The lowest BCUT2D eigenvalue weighted by Gasteiger charge is -2.40. The van der Waals surface area contributed by atoms with Gasteiger partial charge in [0.15, 0.2) is 5.43 Å². The number of carbonyl (C=O) groups excluding carboxylic acids is 1. The summed E-state index contributed by atoms with van der Waals surface area (Å²) < 4.78 is 23.9. The van der Waals surface area contributed by atoms with E-state index in [0.717, 1.165) is 66.9 Å². The molecule has 52 heavy (non-hydrogen) atoms. The average molecular weight is 710 g/mol. The van der Waals surface area contributed by atoms with Gasteiger partial charge in [0, 0.05) is 93.1 Å². The fraction of sp³-hybridized carbons (Fsp3) is 0.512. The molecule has 2 aliphatic heterocycles. The predicted molar refractivity (Wildman–Crippen MR) is 203 cm³/mol. The number of hydrogen-bond acceptors (Lipinski definition) is 8. The first-order valence-corrected chi connectivity index (χ1v) is 18.7. The number of rotatable bonds is 9. The van der Waals surface area contributed by atoms with Crippen LogP contribution in [0.3, 0.4) is 0 Å². The van der Waals surface area contributed by atoms with Crippen LogP contribution in [-0.2, 0) is 17.8 Å². The number of nitrogens with zero attached hydrogens (tertiary/aromatic N) is 7. The summed E-state index contributed by atoms with van der Waals surface area (Å²) in [4.78, 5) is 44.6. The number of fused-ring (bicyclic) bond motifs is 1. The summed E-state index contributed by atoms with van der Waals surface area (Å²) in [5.74, 6) is -0.414. The van der Waals surface area contributed by atoms with Crippen molar-refractivity contribution in [1.82, 2.24) is 24.3 Å². The summed E-state index contributed by atoms with van der Waals surface area (Å²) in [6.07, 6.45) is 10.3. The molecule has 4 aromatic rings. The maximum atomic E-state index is 16.1. The van der Waals surface area contributed by atoms with Crippen molar-refractivity contribution in [1.29, 1.82) is 0 Å². The number of anilines is 2. The Balaban J connectivity index is 1.19. The first kappa shape index (κ1) is 35.9. The molecule has 3 fully saturated rings. The Hall–Kier alpha value is -4.51. The number of amides is 1. The van der Waals surface area contributed by atoms with Gasteiger partial charge in [0.05, 0.1) is 29.1 Å². The molecule has 1 amide bonds. The fourth-order valence-corrected chi connectivity index (χ4v) is 7.79. The molecule has 276 valence electrons. The van der Waals surface area contributed by atoms with Crippen LogP contribution in [0.2, 0.25) is 0 Å². The van der Waals surface area contributed by atoms with Gasteiger partial charge < -0.3 is 24.0 Å². The van der Waals surface area contributed by atoms with E-state index in [1.807, 2.05) is 64.2 Å². The number of benzene rings is 1. The zero-order valence-corrected chi connectivity index (χ0v) is 31.4. The summed E-state index contributed by atoms with van der Waals surface area (Å²) >= 11 is 0. The van der Waals surface area contributed by atoms with Crippen molar-refractivity contribution in [2.24, 2.45) is 0 Å². The van der Waals surface area contributed by atoms with Crippen molar-refractivity contribution < 1.29 is 13.9 Å². The van der Waals surface area contributed by atoms with Crippen molar-refractivity contribution >= 4 is 28.4 Å². The quantitative estimate of drug-likeness (QED) is 0.184. The molecule has 1 aromatic carbocycles. The number of aromatic nitrogens is 3. The third kappa shape index (κ3) is 7.94. The van der Waals surface area contributed by atoms with Gasteiger partial charge in [-0.25, -0.2) is 9.18 Å². The van der Waals surface area contributed by atoms with Crippen LogP contribution >= 0.6 is 0 Å². The van der Waals surface area contributed by atoms with E-state index in [1.165, 1.54) is 6.07 Å². The van der Waals surface area contributed by atoms with E-state index < -0.39 is 11.4 Å². The summed E-state index contributed by atoms with van der Waals surface area (Å²) in [5.41, 5.74) is 5.44. The fourth-order valence-electron chi connectivity index (χ4n) is 7.79. The molecule has 7 rings (SSSR count). The molecule has 0 radical (unpaired) electrons. The maximum absolute atomic E-state index is 16.1. The number of halogens is 1. The Morgan fingerprint density at radius 1 is 0.942 bits per heavy atom. The molecular weight excluding hydrogens is 657 g/mol. The Morgan fingerprint density at radius 3 is 2.44 bits per heavy atom. The lowest BCUT2D eigenvalue weighted by atomic mass is 10.0. The number of piperidine rings is 1. The van der Waals surface area contributed by atoms with Crippen LogP contribution in [0.15, 0.2) is 59.8 Å². The second-order valence-electron chi connectivity index (χ2n) is 16.0. The highest BCUT2D eigenvalue weighted by molar-refractivity contribution is 5.84. The first-order valence-electron chi connectivity index (χ1n) is 18.7. The zero-order valence-electron chi connectivity index (χ0n) is 31.4. The van der Waals surface area contributed by atoms with Gasteiger partial charge in [-0.3, -0.25) is 19.7 Å². The normalized spacial score (nSPS) is 19.5. The third-order valence-electron chi connectivity index (χ3n) is 10.7. The van der Waals surface area contributed by atoms with Crippen LogP contribution < -0.4 is 15.2 Å². The average Bonchev–Trinajstić information content (AvgIpc) is 3.84. The standard InChI is InChI=1S/C41H52FN7O3/c1-27-9-10-32(21-44-27)46-16-7-8-34(26-46)48(22-29-13-15-43-28(2)18-29)23-30-24-49(31-11-12-31)37-20-38(36(42)19-35(37)39(30)50)47-17-14-33(25-47)45(6)40(51)52-41(3,4)5/h9-10,13,15,18-21,24,31,33-34H,7-8,11-12,14,16-17,22-23,25-26H2,1-6H3/t33-,34-/m0/s1. The van der Waals surface area contributed by atoms with Crippen LogP contribution in [0.25, 0.3) is 10.9 Å². The Kier molecular flexibility index (Phi) is 9.99. The van der Waals surface area contributed by atoms with Crippen LogP contribution in [-0.4, -0.2) is 81.3 Å². The number of ether oxygens (including phenoxy) is 1. The molecule has 0 unspecified atom stereocenters. The lowest BCUT2D eigenvalue weighted by Crippen LogP contribution is -2.48. The molecule has 2 saturated heterocycles. The molecule has 5 heterocycles. The monoisotopic (exact) mass is 709 g/mol. The Bertz CT molecular complexity index is 1990. The van der Waals surface area contributed by atoms with Gasteiger partial charge >= 0.3 is 6.09 Å². The Morgan fingerprint density at radius 2 is 1.73 bits per heavy atom. The number of hydrogen-bond donors (Lipinski definition) is 0. The van der Waals surface area contributed by atoms with Crippen LogP contribution in [0.1, 0.15) is 81.4 Å². The zero-order chi connectivity index (χ0) is 36.7. The molecular formula is C41H52FN7O3. The summed E-state index contributed by atoms with van der Waals surface area (Å²) in [6, 6.07) is 12.0. The summed E-state index contributed by atoms with van der Waals surface area (Å²) in [5, 5.41) is 0.419. The van der Waals surface area contributed by atoms with E-state index in [0.29, 0.717) is 49.2 Å². The number of aryl methyl sites for hydroxylation is 2. The van der Waals surface area contributed by atoms with E-state index in [9.17, 15) is 9.59 Å². The van der Waals surface area contributed by atoms with Crippen LogP contribution in [0, 0.1) is 19.7 Å². The van der Waals surface area contributed by atoms with E-state index in [-0.39, 0.29) is 29.6 Å². The van der Waals surface area contributed by atoms with Gasteiger partial charge in [-0.1, -0.05) is 0 Å². The highest BCUT2D eigenvalue weighted by Crippen LogP contribution is 2.39. The van der Waals surface area contributed by atoms with E-state index in [1.54, 1.807) is 11.9 Å². The molecule has 3 aromatic heterocycles. The topological polar surface area (TPSA) is 87.0 Å².